The molecule has 0 radical (unpaired) electrons. The van der Waals surface area contributed by atoms with Crippen LogP contribution in [-0.2, 0) is 6.42 Å². The van der Waals surface area contributed by atoms with Crippen molar-refractivity contribution in [2.45, 2.75) is 32.2 Å². The summed E-state index contributed by atoms with van der Waals surface area (Å²) in [7, 11) is 0. The van der Waals surface area contributed by atoms with Gasteiger partial charge in [-0.1, -0.05) is 18.5 Å². The first-order valence-electron chi connectivity index (χ1n) is 6.48. The molecule has 4 heteroatoms. The normalized spacial score (nSPS) is 21.2. The van der Waals surface area contributed by atoms with E-state index in [0.29, 0.717) is 6.04 Å². The predicted octanol–water partition coefficient (Wildman–Crippen LogP) is 3.02. The Labute approximate surface area is 113 Å². The summed E-state index contributed by atoms with van der Waals surface area (Å²) in [6, 6.07) is 4.86. The maximum absolute atomic E-state index is 5.93. The quantitative estimate of drug-likeness (QED) is 0.856. The van der Waals surface area contributed by atoms with E-state index in [0.717, 1.165) is 17.3 Å². The molecule has 1 aliphatic rings. The molecular weight excluding hydrogens is 252 g/mol. The second-order valence-electron chi connectivity index (χ2n) is 4.70. The molecule has 1 aliphatic heterocycles. The van der Waals surface area contributed by atoms with Crippen LogP contribution in [0.4, 0.5) is 0 Å². The summed E-state index contributed by atoms with van der Waals surface area (Å²) in [5.41, 5.74) is 0. The highest BCUT2D eigenvalue weighted by Gasteiger charge is 2.21. The number of likely N-dealkylation sites (tertiary alicyclic amines) is 1. The number of hydrogen-bond acceptors (Lipinski definition) is 3. The van der Waals surface area contributed by atoms with Crippen LogP contribution in [-0.4, -0.2) is 37.1 Å². The molecule has 1 unspecified atom stereocenters. The molecule has 1 saturated heterocycles. The molecule has 1 N–H and O–H groups in total. The Hall–Kier alpha value is -0.0900. The zero-order valence-corrected chi connectivity index (χ0v) is 12.0. The molecule has 2 nitrogen and oxygen atoms in total. The molecule has 0 aliphatic carbocycles. The fourth-order valence-electron chi connectivity index (χ4n) is 2.31. The minimum absolute atomic E-state index is 0.710. The van der Waals surface area contributed by atoms with Gasteiger partial charge in [-0.3, -0.25) is 0 Å². The van der Waals surface area contributed by atoms with Crippen LogP contribution < -0.4 is 5.32 Å². The molecule has 1 aromatic rings. The number of nitrogens with one attached hydrogen (secondary N) is 1. The average Bonchev–Trinajstić information content (AvgIpc) is 2.93. The Kier molecular flexibility index (Phi) is 5.29. The van der Waals surface area contributed by atoms with Crippen molar-refractivity contribution in [3.8, 4) is 0 Å². The minimum Gasteiger partial charge on any atom is -0.313 e. The van der Waals surface area contributed by atoms with Crippen LogP contribution in [0.25, 0.3) is 0 Å². The largest absolute Gasteiger partial charge is 0.313 e. The van der Waals surface area contributed by atoms with Crippen molar-refractivity contribution in [2.24, 2.45) is 0 Å². The molecule has 17 heavy (non-hydrogen) atoms. The lowest BCUT2D eigenvalue weighted by Crippen LogP contribution is -2.33. The standard InChI is InChI=1S/C13H21ClN2S/c1-2-7-15-11-5-8-16(10-11)9-6-12-3-4-13(14)17-12/h3-4,11,15H,2,5-10H2,1H3. The van der Waals surface area contributed by atoms with Crippen molar-refractivity contribution in [2.75, 3.05) is 26.2 Å². The molecule has 2 rings (SSSR count). The van der Waals surface area contributed by atoms with Gasteiger partial charge in [0, 0.05) is 24.0 Å². The van der Waals surface area contributed by atoms with Crippen LogP contribution in [0.15, 0.2) is 12.1 Å². The van der Waals surface area contributed by atoms with Crippen molar-refractivity contribution >= 4 is 22.9 Å². The van der Waals surface area contributed by atoms with Gasteiger partial charge < -0.3 is 10.2 Å². The molecule has 2 heterocycles. The third-order valence-electron chi connectivity index (χ3n) is 3.26. The van der Waals surface area contributed by atoms with Gasteiger partial charge in [0.05, 0.1) is 4.34 Å². The van der Waals surface area contributed by atoms with E-state index in [4.69, 9.17) is 11.6 Å². The van der Waals surface area contributed by atoms with Crippen molar-refractivity contribution < 1.29 is 0 Å². The molecule has 96 valence electrons. The molecule has 0 aromatic carbocycles. The van der Waals surface area contributed by atoms with Crippen LogP contribution in [0.2, 0.25) is 4.34 Å². The van der Waals surface area contributed by atoms with E-state index in [1.54, 1.807) is 11.3 Å². The van der Waals surface area contributed by atoms with Crippen LogP contribution >= 0.6 is 22.9 Å². The fraction of sp³-hybridized carbons (Fsp3) is 0.692. The fourth-order valence-corrected chi connectivity index (χ4v) is 3.38. The van der Waals surface area contributed by atoms with Gasteiger partial charge in [0.25, 0.3) is 0 Å². The zero-order chi connectivity index (χ0) is 12.1. The van der Waals surface area contributed by atoms with Gasteiger partial charge in [-0.25, -0.2) is 0 Å². The van der Waals surface area contributed by atoms with E-state index in [1.807, 2.05) is 6.07 Å². The Morgan fingerprint density at radius 1 is 1.53 bits per heavy atom. The summed E-state index contributed by atoms with van der Waals surface area (Å²) in [5.74, 6) is 0. The first-order valence-corrected chi connectivity index (χ1v) is 7.67. The minimum atomic E-state index is 0.710. The van der Waals surface area contributed by atoms with Crippen molar-refractivity contribution in [3.05, 3.63) is 21.3 Å². The maximum Gasteiger partial charge on any atom is 0.0931 e. The Morgan fingerprint density at radius 3 is 3.12 bits per heavy atom. The third-order valence-corrected chi connectivity index (χ3v) is 4.55. The third kappa shape index (κ3) is 4.25. The van der Waals surface area contributed by atoms with Crippen LogP contribution in [0.3, 0.4) is 0 Å². The lowest BCUT2D eigenvalue weighted by atomic mass is 10.2. The summed E-state index contributed by atoms with van der Waals surface area (Å²) >= 11 is 7.64. The van der Waals surface area contributed by atoms with Gasteiger partial charge in [-0.05, 0) is 44.5 Å². The van der Waals surface area contributed by atoms with Crippen LogP contribution in [0.1, 0.15) is 24.6 Å². The van der Waals surface area contributed by atoms with Gasteiger partial charge in [0.15, 0.2) is 0 Å². The lowest BCUT2D eigenvalue weighted by molar-refractivity contribution is 0.332. The van der Waals surface area contributed by atoms with E-state index in [1.165, 1.54) is 37.4 Å². The van der Waals surface area contributed by atoms with E-state index in [2.05, 4.69) is 23.2 Å². The number of rotatable bonds is 6. The van der Waals surface area contributed by atoms with Gasteiger partial charge >= 0.3 is 0 Å². The molecule has 0 saturated carbocycles. The number of hydrogen-bond donors (Lipinski definition) is 1. The van der Waals surface area contributed by atoms with Crippen molar-refractivity contribution in [1.29, 1.82) is 0 Å². The number of thiophene rings is 1. The highest BCUT2D eigenvalue weighted by Crippen LogP contribution is 2.22. The molecule has 0 spiro atoms. The summed E-state index contributed by atoms with van der Waals surface area (Å²) in [5, 5.41) is 3.60. The number of nitrogens with zero attached hydrogens (tertiary/aromatic N) is 1. The maximum atomic E-state index is 5.93. The first kappa shape index (κ1) is 13.3. The molecule has 1 aromatic heterocycles. The van der Waals surface area contributed by atoms with Gasteiger partial charge in [0.1, 0.15) is 0 Å². The van der Waals surface area contributed by atoms with E-state index < -0.39 is 0 Å². The SMILES string of the molecule is CCCNC1CCN(CCc2ccc(Cl)s2)C1. The predicted molar refractivity (Wildman–Crippen MR) is 76.2 cm³/mol. The highest BCUT2D eigenvalue weighted by atomic mass is 35.5. The van der Waals surface area contributed by atoms with Crippen LogP contribution in [0, 0.1) is 0 Å². The first-order chi connectivity index (χ1) is 8.28. The Balaban J connectivity index is 1.67. The summed E-state index contributed by atoms with van der Waals surface area (Å²) in [4.78, 5) is 3.96. The van der Waals surface area contributed by atoms with Crippen molar-refractivity contribution in [3.63, 3.8) is 0 Å². The smallest absolute Gasteiger partial charge is 0.0931 e. The molecule has 1 atom stereocenters. The van der Waals surface area contributed by atoms with E-state index in [9.17, 15) is 0 Å². The topological polar surface area (TPSA) is 15.3 Å². The summed E-state index contributed by atoms with van der Waals surface area (Å²) in [6.07, 6.45) is 3.66. The summed E-state index contributed by atoms with van der Waals surface area (Å²) < 4.78 is 0.906. The number of halogens is 1. The monoisotopic (exact) mass is 272 g/mol. The highest BCUT2D eigenvalue weighted by molar-refractivity contribution is 7.16. The van der Waals surface area contributed by atoms with Crippen LogP contribution in [0.5, 0.6) is 0 Å². The molecule has 1 fully saturated rings. The zero-order valence-electron chi connectivity index (χ0n) is 10.4. The second kappa shape index (κ2) is 6.74. The second-order valence-corrected chi connectivity index (χ2v) is 6.50. The van der Waals surface area contributed by atoms with E-state index in [-0.39, 0.29) is 0 Å². The van der Waals surface area contributed by atoms with Gasteiger partial charge in [-0.15, -0.1) is 11.3 Å². The molecule has 0 bridgehead atoms. The van der Waals surface area contributed by atoms with E-state index >= 15 is 0 Å². The molecule has 0 amide bonds. The average molecular weight is 273 g/mol. The van der Waals surface area contributed by atoms with Gasteiger partial charge in [-0.2, -0.15) is 0 Å². The molecular formula is C13H21ClN2S. The lowest BCUT2D eigenvalue weighted by Gasteiger charge is -2.15. The Bertz CT molecular complexity index is 340. The van der Waals surface area contributed by atoms with Crippen molar-refractivity contribution in [1.82, 2.24) is 10.2 Å². The Morgan fingerprint density at radius 2 is 2.41 bits per heavy atom. The summed E-state index contributed by atoms with van der Waals surface area (Å²) in [6.45, 7) is 6.99. The van der Waals surface area contributed by atoms with Gasteiger partial charge in [0.2, 0.25) is 0 Å².